The summed E-state index contributed by atoms with van der Waals surface area (Å²) in [7, 11) is 0. The van der Waals surface area contributed by atoms with Crippen LogP contribution in [-0.2, 0) is 20.8 Å². The molecule has 2 saturated heterocycles. The Bertz CT molecular complexity index is 1440. The summed E-state index contributed by atoms with van der Waals surface area (Å²) in [5, 5.41) is 10.7. The second-order valence-electron chi connectivity index (χ2n) is 14.1. The minimum Gasteiger partial charge on any atom is -0.493 e. The molecule has 3 atom stereocenters. The number of carboxylic acids is 1. The van der Waals surface area contributed by atoms with Gasteiger partial charge < -0.3 is 19.6 Å². The van der Waals surface area contributed by atoms with E-state index in [1.807, 2.05) is 40.7 Å². The van der Waals surface area contributed by atoms with Gasteiger partial charge in [-0.25, -0.2) is 4.39 Å². The highest BCUT2D eigenvalue weighted by Gasteiger charge is 2.48. The predicted molar refractivity (Wildman–Crippen MR) is 177 cm³/mol. The van der Waals surface area contributed by atoms with Gasteiger partial charge in [0, 0.05) is 55.2 Å². The predicted octanol–water partition coefficient (Wildman–Crippen LogP) is 6.19. The Morgan fingerprint density at radius 1 is 1.13 bits per heavy atom. The van der Waals surface area contributed by atoms with Crippen LogP contribution in [0.3, 0.4) is 0 Å². The Morgan fingerprint density at radius 2 is 1.87 bits per heavy atom. The van der Waals surface area contributed by atoms with Crippen LogP contribution in [0.4, 0.5) is 10.1 Å². The van der Waals surface area contributed by atoms with Gasteiger partial charge in [-0.2, -0.15) is 0 Å². The molecule has 3 heterocycles. The van der Waals surface area contributed by atoms with Gasteiger partial charge in [0.1, 0.15) is 11.6 Å². The van der Waals surface area contributed by atoms with Crippen molar-refractivity contribution in [1.29, 1.82) is 0 Å². The summed E-state index contributed by atoms with van der Waals surface area (Å²) in [4.78, 5) is 46.3. The molecule has 1 N–H and O–H groups in total. The maximum atomic E-state index is 14.5. The number of hydrogen-bond acceptors (Lipinski definition) is 5. The van der Waals surface area contributed by atoms with Crippen molar-refractivity contribution in [1.82, 2.24) is 9.80 Å². The minimum atomic E-state index is -0.893. The Labute approximate surface area is 272 Å². The van der Waals surface area contributed by atoms with Crippen molar-refractivity contribution >= 4 is 23.5 Å². The topological polar surface area (TPSA) is 90.4 Å². The van der Waals surface area contributed by atoms with Crippen LogP contribution in [0, 0.1) is 24.1 Å². The lowest BCUT2D eigenvalue weighted by molar-refractivity contribution is -0.143. The van der Waals surface area contributed by atoms with Crippen molar-refractivity contribution in [3.8, 4) is 5.75 Å². The number of likely N-dealkylation sites (tertiary alicyclic amines) is 2. The first-order valence-electron chi connectivity index (χ1n) is 17.0. The number of anilines is 1. The zero-order valence-corrected chi connectivity index (χ0v) is 28.1. The average molecular weight is 636 g/mol. The third-order valence-corrected chi connectivity index (χ3v) is 10.4. The summed E-state index contributed by atoms with van der Waals surface area (Å²) in [6.07, 6.45) is 5.42. The number of carboxylic acid groups (broad SMARTS) is 1. The van der Waals surface area contributed by atoms with E-state index in [1.54, 1.807) is 19.1 Å². The van der Waals surface area contributed by atoms with Crippen LogP contribution in [0.25, 0.3) is 0 Å². The molecule has 2 aromatic rings. The fourth-order valence-electron chi connectivity index (χ4n) is 7.84. The van der Waals surface area contributed by atoms with E-state index in [-0.39, 0.29) is 36.1 Å². The molecule has 0 spiro atoms. The smallest absolute Gasteiger partial charge is 0.308 e. The lowest BCUT2D eigenvalue weighted by Crippen LogP contribution is -2.48. The number of carbonyl (C=O) groups is 3. The first kappa shape index (κ1) is 33.9. The molecule has 3 aliphatic heterocycles. The molecule has 0 aliphatic carbocycles. The Kier molecular flexibility index (Phi) is 10.4. The molecule has 2 amide bonds. The van der Waals surface area contributed by atoms with Crippen LogP contribution < -0.4 is 9.64 Å². The second kappa shape index (κ2) is 14.1. The number of rotatable bonds is 13. The van der Waals surface area contributed by atoms with E-state index >= 15 is 0 Å². The van der Waals surface area contributed by atoms with Gasteiger partial charge in [0.15, 0.2) is 0 Å². The monoisotopic (exact) mass is 635 g/mol. The van der Waals surface area contributed by atoms with Crippen LogP contribution >= 0.6 is 0 Å². The van der Waals surface area contributed by atoms with E-state index < -0.39 is 23.3 Å². The fourth-order valence-corrected chi connectivity index (χ4v) is 7.84. The molecule has 0 unspecified atom stereocenters. The molecule has 0 radical (unpaired) electrons. The van der Waals surface area contributed by atoms with Crippen molar-refractivity contribution < 1.29 is 28.6 Å². The molecule has 46 heavy (non-hydrogen) atoms. The van der Waals surface area contributed by atoms with E-state index in [0.717, 1.165) is 55.4 Å². The van der Waals surface area contributed by atoms with E-state index in [9.17, 15) is 23.9 Å². The summed E-state index contributed by atoms with van der Waals surface area (Å²) < 4.78 is 20.0. The van der Waals surface area contributed by atoms with E-state index in [2.05, 4.69) is 19.9 Å². The summed E-state index contributed by atoms with van der Waals surface area (Å²) in [5.74, 6) is -1.46. The molecule has 0 bridgehead atoms. The molecular formula is C37H50FN3O5. The Hall–Kier alpha value is -3.46. The first-order chi connectivity index (χ1) is 21.9. The SMILES string of the molecule is CCCC(CCC)N(C(=O)CN1C[C@H](c2ccc3c(c2)CCO3)[C@@H](C(=O)O)[C@@H]1CCN1CCC(C)(C)C1=O)c1ccc(F)c(C)c1. The van der Waals surface area contributed by atoms with Gasteiger partial charge in [-0.3, -0.25) is 19.3 Å². The quantitative estimate of drug-likeness (QED) is 0.283. The summed E-state index contributed by atoms with van der Waals surface area (Å²) in [5.41, 5.74) is 2.74. The standard InChI is InChI=1S/C37H50FN3O5/c1-6-8-27(9-7-2)41(28-11-12-30(38)24(3)20-28)33(42)23-40-22-29(25-10-13-32-26(21-25)15-19-46-32)34(35(43)44)31(40)14-17-39-18-16-37(4,5)36(39)45/h10-13,20-21,27,29,31,34H,6-9,14-19,22-23H2,1-5H3,(H,43,44)/t29-,31+,34-/m1/s1. The van der Waals surface area contributed by atoms with Crippen LogP contribution in [0.2, 0.25) is 0 Å². The highest BCUT2D eigenvalue weighted by molar-refractivity contribution is 5.95. The molecule has 0 saturated carbocycles. The first-order valence-corrected chi connectivity index (χ1v) is 17.0. The van der Waals surface area contributed by atoms with E-state index in [4.69, 9.17) is 4.74 Å². The molecule has 250 valence electrons. The van der Waals surface area contributed by atoms with Crippen LogP contribution in [0.5, 0.6) is 5.75 Å². The summed E-state index contributed by atoms with van der Waals surface area (Å²) >= 11 is 0. The largest absolute Gasteiger partial charge is 0.493 e. The number of aryl methyl sites for hydroxylation is 1. The van der Waals surface area contributed by atoms with Crippen molar-refractivity contribution in [3.05, 3.63) is 58.9 Å². The second-order valence-corrected chi connectivity index (χ2v) is 14.1. The zero-order chi connectivity index (χ0) is 33.2. The minimum absolute atomic E-state index is 0.0405. The summed E-state index contributed by atoms with van der Waals surface area (Å²) in [6.45, 7) is 12.0. The number of nitrogens with zero attached hydrogens (tertiary/aromatic N) is 3. The molecule has 2 fully saturated rings. The highest BCUT2D eigenvalue weighted by Crippen LogP contribution is 2.42. The normalized spacial score (nSPS) is 22.4. The zero-order valence-electron chi connectivity index (χ0n) is 28.1. The molecule has 5 rings (SSSR count). The number of fused-ring (bicyclic) bond motifs is 1. The third-order valence-electron chi connectivity index (χ3n) is 10.4. The molecule has 9 heteroatoms. The van der Waals surface area contributed by atoms with Crippen molar-refractivity contribution in [3.63, 3.8) is 0 Å². The third kappa shape index (κ3) is 6.94. The molecule has 2 aromatic carbocycles. The van der Waals surface area contributed by atoms with Gasteiger partial charge in [-0.1, -0.05) is 52.7 Å². The van der Waals surface area contributed by atoms with Crippen molar-refractivity contribution in [2.45, 2.75) is 97.6 Å². The lowest BCUT2D eigenvalue weighted by atomic mass is 9.83. The highest BCUT2D eigenvalue weighted by atomic mass is 19.1. The van der Waals surface area contributed by atoms with Gasteiger partial charge in [0.05, 0.1) is 19.1 Å². The molecular weight excluding hydrogens is 585 g/mol. The molecule has 8 nitrogen and oxygen atoms in total. The Balaban J connectivity index is 1.48. The van der Waals surface area contributed by atoms with Crippen LogP contribution in [0.15, 0.2) is 36.4 Å². The molecule has 0 aromatic heterocycles. The van der Waals surface area contributed by atoms with Gasteiger partial charge in [0.2, 0.25) is 11.8 Å². The number of carbonyl (C=O) groups excluding carboxylic acids is 2. The maximum Gasteiger partial charge on any atom is 0.308 e. The van der Waals surface area contributed by atoms with E-state index in [1.165, 1.54) is 6.07 Å². The fraction of sp³-hybridized carbons (Fsp3) is 0.595. The number of halogens is 1. The number of benzene rings is 2. The van der Waals surface area contributed by atoms with Crippen molar-refractivity contribution in [2.75, 3.05) is 37.7 Å². The number of aliphatic carboxylic acids is 1. The maximum absolute atomic E-state index is 14.5. The lowest BCUT2D eigenvalue weighted by Gasteiger charge is -2.35. The molecule has 3 aliphatic rings. The number of amides is 2. The van der Waals surface area contributed by atoms with Gasteiger partial charge in [0.25, 0.3) is 0 Å². The number of hydrogen-bond donors (Lipinski definition) is 1. The van der Waals surface area contributed by atoms with E-state index in [0.29, 0.717) is 43.9 Å². The van der Waals surface area contributed by atoms with Gasteiger partial charge in [-0.05, 0) is 73.6 Å². The van der Waals surface area contributed by atoms with Gasteiger partial charge >= 0.3 is 5.97 Å². The Morgan fingerprint density at radius 3 is 2.50 bits per heavy atom. The van der Waals surface area contributed by atoms with Crippen LogP contribution in [-0.4, -0.2) is 77.6 Å². The number of ether oxygens (including phenoxy) is 1. The average Bonchev–Trinajstić information content (AvgIpc) is 3.69. The van der Waals surface area contributed by atoms with Gasteiger partial charge in [-0.15, -0.1) is 0 Å². The summed E-state index contributed by atoms with van der Waals surface area (Å²) in [6, 6.07) is 10.3. The van der Waals surface area contributed by atoms with Crippen molar-refractivity contribution in [2.24, 2.45) is 11.3 Å². The van der Waals surface area contributed by atoms with Crippen LogP contribution in [0.1, 0.15) is 88.8 Å².